The Kier molecular flexibility index (Phi) is 4.28. The number of nitrogens with zero attached hydrogens (tertiary/aromatic N) is 1. The Hall–Kier alpha value is -1.02. The summed E-state index contributed by atoms with van der Waals surface area (Å²) in [6.45, 7) is 9.00. The monoisotopic (exact) mass is 247 g/mol. The van der Waals surface area contributed by atoms with Crippen LogP contribution in [0, 0.1) is 5.92 Å². The molecule has 0 amide bonds. The molecule has 18 heavy (non-hydrogen) atoms. The number of phenols is 1. The molecule has 2 heteroatoms. The zero-order valence-corrected chi connectivity index (χ0v) is 11.8. The van der Waals surface area contributed by atoms with Crippen LogP contribution >= 0.6 is 0 Å². The van der Waals surface area contributed by atoms with Crippen LogP contribution in [0.1, 0.15) is 50.8 Å². The van der Waals surface area contributed by atoms with Crippen molar-refractivity contribution in [3.8, 4) is 5.75 Å². The van der Waals surface area contributed by atoms with Crippen LogP contribution in [-0.4, -0.2) is 23.1 Å². The van der Waals surface area contributed by atoms with E-state index in [4.69, 9.17) is 0 Å². The van der Waals surface area contributed by atoms with E-state index >= 15 is 0 Å². The average Bonchev–Trinajstić information content (AvgIpc) is 2.35. The second-order valence-corrected chi connectivity index (χ2v) is 5.77. The van der Waals surface area contributed by atoms with E-state index in [1.807, 2.05) is 12.1 Å². The fourth-order valence-corrected chi connectivity index (χ4v) is 3.09. The van der Waals surface area contributed by atoms with Crippen LogP contribution in [0.15, 0.2) is 18.2 Å². The van der Waals surface area contributed by atoms with Crippen LogP contribution in [0.25, 0.3) is 0 Å². The molecule has 0 bridgehead atoms. The molecule has 100 valence electrons. The SMILES string of the molecule is CCN(CC(C)C)C1CCCc2ccc(O)cc21. The largest absolute Gasteiger partial charge is 0.508 e. The minimum absolute atomic E-state index is 0.404. The molecule has 1 aliphatic rings. The Morgan fingerprint density at radius 3 is 2.83 bits per heavy atom. The molecule has 1 aliphatic carbocycles. The maximum absolute atomic E-state index is 9.72. The number of aryl methyl sites for hydroxylation is 1. The lowest BCUT2D eigenvalue weighted by atomic mass is 9.86. The van der Waals surface area contributed by atoms with Crippen molar-refractivity contribution in [2.24, 2.45) is 5.92 Å². The van der Waals surface area contributed by atoms with Crippen molar-refractivity contribution in [1.82, 2.24) is 4.90 Å². The summed E-state index contributed by atoms with van der Waals surface area (Å²) in [7, 11) is 0. The maximum atomic E-state index is 9.72. The first-order chi connectivity index (χ1) is 8.61. The van der Waals surface area contributed by atoms with E-state index in [0.717, 1.165) is 19.5 Å². The van der Waals surface area contributed by atoms with Crippen LogP contribution < -0.4 is 0 Å². The highest BCUT2D eigenvalue weighted by molar-refractivity contribution is 5.38. The first-order valence-corrected chi connectivity index (χ1v) is 7.17. The van der Waals surface area contributed by atoms with Gasteiger partial charge in [0.1, 0.15) is 5.75 Å². The van der Waals surface area contributed by atoms with E-state index in [1.165, 1.54) is 24.0 Å². The van der Waals surface area contributed by atoms with E-state index in [1.54, 1.807) is 0 Å². The Bertz CT molecular complexity index is 400. The lowest BCUT2D eigenvalue weighted by Gasteiger charge is -2.36. The van der Waals surface area contributed by atoms with Crippen LogP contribution in [0.3, 0.4) is 0 Å². The van der Waals surface area contributed by atoms with Gasteiger partial charge in [0.25, 0.3) is 0 Å². The predicted molar refractivity (Wildman–Crippen MR) is 75.9 cm³/mol. The molecule has 0 saturated heterocycles. The summed E-state index contributed by atoms with van der Waals surface area (Å²) in [5, 5.41) is 9.72. The third-order valence-corrected chi connectivity index (χ3v) is 3.86. The lowest BCUT2D eigenvalue weighted by molar-refractivity contribution is 0.167. The van der Waals surface area contributed by atoms with Crippen LogP contribution in [0.5, 0.6) is 5.75 Å². The molecule has 1 atom stereocenters. The zero-order chi connectivity index (χ0) is 13.1. The summed E-state index contributed by atoms with van der Waals surface area (Å²) < 4.78 is 0. The van der Waals surface area contributed by atoms with Gasteiger partial charge < -0.3 is 5.11 Å². The highest BCUT2D eigenvalue weighted by atomic mass is 16.3. The van der Waals surface area contributed by atoms with Gasteiger partial charge in [-0.2, -0.15) is 0 Å². The lowest BCUT2D eigenvalue weighted by Crippen LogP contribution is -2.34. The van der Waals surface area contributed by atoms with Gasteiger partial charge in [0, 0.05) is 12.6 Å². The van der Waals surface area contributed by atoms with Gasteiger partial charge >= 0.3 is 0 Å². The molecule has 0 aromatic heterocycles. The fourth-order valence-electron chi connectivity index (χ4n) is 3.09. The fraction of sp³-hybridized carbons (Fsp3) is 0.625. The molecule has 2 rings (SSSR count). The first-order valence-electron chi connectivity index (χ1n) is 7.17. The molecule has 0 spiro atoms. The second-order valence-electron chi connectivity index (χ2n) is 5.77. The number of rotatable bonds is 4. The van der Waals surface area contributed by atoms with Crippen molar-refractivity contribution < 1.29 is 5.11 Å². The van der Waals surface area contributed by atoms with Crippen molar-refractivity contribution in [3.63, 3.8) is 0 Å². The highest BCUT2D eigenvalue weighted by Gasteiger charge is 2.25. The van der Waals surface area contributed by atoms with Gasteiger partial charge in [-0.15, -0.1) is 0 Å². The van der Waals surface area contributed by atoms with Gasteiger partial charge in [-0.05, 0) is 55.0 Å². The molecular weight excluding hydrogens is 222 g/mol. The Morgan fingerprint density at radius 1 is 1.39 bits per heavy atom. The second kappa shape index (κ2) is 5.75. The molecule has 0 fully saturated rings. The summed E-state index contributed by atoms with van der Waals surface area (Å²) in [6, 6.07) is 6.38. The molecule has 1 N–H and O–H groups in total. The molecule has 2 nitrogen and oxygen atoms in total. The van der Waals surface area contributed by atoms with Crippen molar-refractivity contribution in [2.75, 3.05) is 13.1 Å². The minimum atomic E-state index is 0.404. The summed E-state index contributed by atoms with van der Waals surface area (Å²) in [5.41, 5.74) is 2.77. The van der Waals surface area contributed by atoms with E-state index in [-0.39, 0.29) is 0 Å². The van der Waals surface area contributed by atoms with Gasteiger partial charge in [-0.25, -0.2) is 0 Å². The quantitative estimate of drug-likeness (QED) is 0.876. The molecule has 0 saturated carbocycles. The van der Waals surface area contributed by atoms with Crippen molar-refractivity contribution in [3.05, 3.63) is 29.3 Å². The topological polar surface area (TPSA) is 23.5 Å². The normalized spacial score (nSPS) is 19.3. The number of benzene rings is 1. The van der Waals surface area contributed by atoms with Crippen molar-refractivity contribution >= 4 is 0 Å². The van der Waals surface area contributed by atoms with Crippen LogP contribution in [0.4, 0.5) is 0 Å². The predicted octanol–water partition coefficient (Wildman–Crippen LogP) is 3.75. The summed E-state index contributed by atoms with van der Waals surface area (Å²) >= 11 is 0. The van der Waals surface area contributed by atoms with Crippen molar-refractivity contribution in [2.45, 2.75) is 46.1 Å². The Morgan fingerprint density at radius 2 is 2.17 bits per heavy atom. The van der Waals surface area contributed by atoms with Crippen molar-refractivity contribution in [1.29, 1.82) is 0 Å². The number of aromatic hydroxyl groups is 1. The van der Waals surface area contributed by atoms with E-state index in [2.05, 4.69) is 31.7 Å². The molecule has 0 radical (unpaired) electrons. The van der Waals surface area contributed by atoms with Gasteiger partial charge in [0.05, 0.1) is 0 Å². The molecule has 1 aromatic carbocycles. The highest BCUT2D eigenvalue weighted by Crippen LogP contribution is 2.36. The summed E-state index contributed by atoms with van der Waals surface area (Å²) in [5.74, 6) is 1.09. The first kappa shape index (κ1) is 13.4. The zero-order valence-electron chi connectivity index (χ0n) is 11.8. The number of hydrogen-bond donors (Lipinski definition) is 1. The molecule has 0 aliphatic heterocycles. The number of phenolic OH excluding ortho intramolecular Hbond substituents is 1. The standard InChI is InChI=1S/C16H25NO/c1-4-17(11-12(2)3)16-7-5-6-13-8-9-14(18)10-15(13)16/h8-10,12,16,18H,4-7,11H2,1-3H3. The summed E-state index contributed by atoms with van der Waals surface area (Å²) in [4.78, 5) is 2.56. The third kappa shape index (κ3) is 2.86. The molecule has 1 unspecified atom stereocenters. The van der Waals surface area contributed by atoms with Gasteiger partial charge in [-0.1, -0.05) is 26.8 Å². The van der Waals surface area contributed by atoms with Crippen LogP contribution in [-0.2, 0) is 6.42 Å². The average molecular weight is 247 g/mol. The molecule has 1 aromatic rings. The minimum Gasteiger partial charge on any atom is -0.508 e. The third-order valence-electron chi connectivity index (χ3n) is 3.86. The Balaban J connectivity index is 2.27. The van der Waals surface area contributed by atoms with E-state index < -0.39 is 0 Å². The number of fused-ring (bicyclic) bond motifs is 1. The Labute approximate surface area is 111 Å². The maximum Gasteiger partial charge on any atom is 0.115 e. The molecular formula is C16H25NO. The van der Waals surface area contributed by atoms with Gasteiger partial charge in [0.2, 0.25) is 0 Å². The van der Waals surface area contributed by atoms with Gasteiger partial charge in [0.15, 0.2) is 0 Å². The molecule has 0 heterocycles. The van der Waals surface area contributed by atoms with E-state index in [0.29, 0.717) is 17.7 Å². The van der Waals surface area contributed by atoms with Crippen LogP contribution in [0.2, 0.25) is 0 Å². The van der Waals surface area contributed by atoms with E-state index in [9.17, 15) is 5.11 Å². The number of hydrogen-bond acceptors (Lipinski definition) is 2. The summed E-state index contributed by atoms with van der Waals surface area (Å²) in [6.07, 6.45) is 3.64. The van der Waals surface area contributed by atoms with Gasteiger partial charge in [-0.3, -0.25) is 4.90 Å². The smallest absolute Gasteiger partial charge is 0.115 e.